The second kappa shape index (κ2) is 10.9. The normalized spacial score (nSPS) is 7.90. The molecule has 0 amide bonds. The van der Waals surface area contributed by atoms with E-state index in [2.05, 4.69) is 18.5 Å². The standard InChI is InChI=1S/C7H11N.C2H6/c1-4-5-6-7(2)8-3;1-2/h4-6,8H,1-2H2,3H3;1-2H3/b6-5-;. The molecule has 0 aromatic carbocycles. The van der Waals surface area contributed by atoms with Gasteiger partial charge in [-0.25, -0.2) is 0 Å². The van der Waals surface area contributed by atoms with Gasteiger partial charge in [0.1, 0.15) is 0 Å². The van der Waals surface area contributed by atoms with Crippen LogP contribution in [0.4, 0.5) is 0 Å². The molecule has 0 heterocycles. The molecule has 1 N–H and O–H groups in total. The van der Waals surface area contributed by atoms with Crippen LogP contribution in [0, 0.1) is 0 Å². The van der Waals surface area contributed by atoms with E-state index in [9.17, 15) is 0 Å². The lowest BCUT2D eigenvalue weighted by Crippen LogP contribution is -1.99. The Bertz CT molecular complexity index is 112. The molecule has 0 atom stereocenters. The fraction of sp³-hybridized carbons (Fsp3) is 0.333. The lowest BCUT2D eigenvalue weighted by molar-refractivity contribution is 1.04. The SMILES string of the molecule is C=C/C=C\C(=C)NC.CC. The average molecular weight is 139 g/mol. The highest BCUT2D eigenvalue weighted by Gasteiger charge is 1.72. The lowest BCUT2D eigenvalue weighted by atomic mass is 10.4. The summed E-state index contributed by atoms with van der Waals surface area (Å²) >= 11 is 0. The van der Waals surface area contributed by atoms with Gasteiger partial charge in [-0.1, -0.05) is 39.2 Å². The molecule has 0 rings (SSSR count). The van der Waals surface area contributed by atoms with Gasteiger partial charge in [-0.2, -0.15) is 0 Å². The van der Waals surface area contributed by atoms with Crippen LogP contribution in [0.2, 0.25) is 0 Å². The van der Waals surface area contributed by atoms with Crippen molar-refractivity contribution in [1.29, 1.82) is 0 Å². The topological polar surface area (TPSA) is 12.0 Å². The highest BCUT2D eigenvalue weighted by Crippen LogP contribution is 1.83. The third-order valence-corrected chi connectivity index (χ3v) is 0.755. The van der Waals surface area contributed by atoms with E-state index in [0.717, 1.165) is 5.70 Å². The van der Waals surface area contributed by atoms with Crippen molar-refractivity contribution in [3.63, 3.8) is 0 Å². The summed E-state index contributed by atoms with van der Waals surface area (Å²) in [6.45, 7) is 11.2. The minimum Gasteiger partial charge on any atom is -0.389 e. The van der Waals surface area contributed by atoms with Crippen LogP contribution < -0.4 is 5.32 Å². The molecule has 0 bridgehead atoms. The van der Waals surface area contributed by atoms with Crippen LogP contribution in [0.3, 0.4) is 0 Å². The summed E-state index contributed by atoms with van der Waals surface area (Å²) in [6.07, 6.45) is 5.40. The van der Waals surface area contributed by atoms with Crippen LogP contribution in [0.1, 0.15) is 13.8 Å². The van der Waals surface area contributed by atoms with Crippen molar-refractivity contribution in [3.05, 3.63) is 37.1 Å². The fourth-order valence-electron chi connectivity index (χ4n) is 0.268. The summed E-state index contributed by atoms with van der Waals surface area (Å²) in [5, 5.41) is 2.87. The molecule has 0 aromatic heterocycles. The molecule has 0 aliphatic heterocycles. The Morgan fingerprint density at radius 2 is 1.90 bits per heavy atom. The first kappa shape index (κ1) is 11.8. The van der Waals surface area contributed by atoms with Gasteiger partial charge in [-0.3, -0.25) is 0 Å². The summed E-state index contributed by atoms with van der Waals surface area (Å²) in [6, 6.07) is 0. The Balaban J connectivity index is 0. The van der Waals surface area contributed by atoms with Crippen molar-refractivity contribution < 1.29 is 0 Å². The second-order valence-electron chi connectivity index (χ2n) is 1.37. The Labute approximate surface area is 64.1 Å². The first-order valence-corrected chi connectivity index (χ1v) is 3.47. The van der Waals surface area contributed by atoms with Crippen LogP contribution in [0.25, 0.3) is 0 Å². The number of allylic oxidation sites excluding steroid dienone is 3. The summed E-state index contributed by atoms with van der Waals surface area (Å²) < 4.78 is 0. The minimum atomic E-state index is 0.893. The lowest BCUT2D eigenvalue weighted by Gasteiger charge is -1.92. The molecular weight excluding hydrogens is 122 g/mol. The van der Waals surface area contributed by atoms with Crippen LogP contribution in [0.5, 0.6) is 0 Å². The number of likely N-dealkylation sites (N-methyl/N-ethyl adjacent to an activating group) is 1. The molecule has 0 saturated heterocycles. The first-order valence-electron chi connectivity index (χ1n) is 3.47. The van der Waals surface area contributed by atoms with Crippen LogP contribution in [0.15, 0.2) is 37.1 Å². The third-order valence-electron chi connectivity index (χ3n) is 0.755. The van der Waals surface area contributed by atoms with E-state index < -0.39 is 0 Å². The van der Waals surface area contributed by atoms with E-state index >= 15 is 0 Å². The minimum absolute atomic E-state index is 0.893. The molecule has 0 aliphatic carbocycles. The predicted octanol–water partition coefficient (Wildman–Crippen LogP) is 2.49. The second-order valence-corrected chi connectivity index (χ2v) is 1.37. The van der Waals surface area contributed by atoms with Crippen molar-refractivity contribution in [2.24, 2.45) is 0 Å². The molecule has 58 valence electrons. The van der Waals surface area contributed by atoms with Gasteiger partial charge in [-0.15, -0.1) is 0 Å². The molecule has 1 heteroatoms. The zero-order valence-electron chi connectivity index (χ0n) is 7.15. The van der Waals surface area contributed by atoms with E-state index in [4.69, 9.17) is 0 Å². The predicted molar refractivity (Wildman–Crippen MR) is 48.9 cm³/mol. The van der Waals surface area contributed by atoms with Crippen molar-refractivity contribution in [2.75, 3.05) is 7.05 Å². The van der Waals surface area contributed by atoms with Crippen molar-refractivity contribution in [2.45, 2.75) is 13.8 Å². The maximum atomic E-state index is 3.66. The number of nitrogens with one attached hydrogen (secondary N) is 1. The highest BCUT2D eigenvalue weighted by molar-refractivity contribution is 5.15. The molecule has 1 nitrogen and oxygen atoms in total. The van der Waals surface area contributed by atoms with Gasteiger partial charge in [-0.05, 0) is 6.08 Å². The quantitative estimate of drug-likeness (QED) is 0.592. The monoisotopic (exact) mass is 139 g/mol. The summed E-state index contributed by atoms with van der Waals surface area (Å²) in [5.74, 6) is 0. The molecule has 0 fully saturated rings. The van der Waals surface area contributed by atoms with Crippen LogP contribution in [-0.4, -0.2) is 7.05 Å². The van der Waals surface area contributed by atoms with E-state index in [0.29, 0.717) is 0 Å². The van der Waals surface area contributed by atoms with Gasteiger partial charge >= 0.3 is 0 Å². The Hall–Kier alpha value is -0.980. The number of hydrogen-bond acceptors (Lipinski definition) is 1. The van der Waals surface area contributed by atoms with E-state index in [1.54, 1.807) is 6.08 Å². The third kappa shape index (κ3) is 10.1. The fourth-order valence-corrected chi connectivity index (χ4v) is 0.268. The number of rotatable bonds is 3. The molecule has 0 spiro atoms. The molecule has 0 unspecified atom stereocenters. The van der Waals surface area contributed by atoms with E-state index in [1.807, 2.05) is 33.0 Å². The molecule has 10 heavy (non-hydrogen) atoms. The van der Waals surface area contributed by atoms with Gasteiger partial charge in [0.05, 0.1) is 0 Å². The van der Waals surface area contributed by atoms with Crippen molar-refractivity contribution >= 4 is 0 Å². The summed E-state index contributed by atoms with van der Waals surface area (Å²) in [4.78, 5) is 0. The summed E-state index contributed by atoms with van der Waals surface area (Å²) in [7, 11) is 1.83. The maximum Gasteiger partial charge on any atom is 0.0264 e. The largest absolute Gasteiger partial charge is 0.389 e. The zero-order chi connectivity index (χ0) is 8.41. The maximum absolute atomic E-state index is 3.66. The molecule has 0 aromatic rings. The zero-order valence-corrected chi connectivity index (χ0v) is 7.15. The van der Waals surface area contributed by atoms with Crippen LogP contribution >= 0.6 is 0 Å². The van der Waals surface area contributed by atoms with Gasteiger partial charge in [0.2, 0.25) is 0 Å². The molecule has 0 radical (unpaired) electrons. The molecule has 0 saturated carbocycles. The molecule has 0 aliphatic rings. The number of hydrogen-bond donors (Lipinski definition) is 1. The van der Waals surface area contributed by atoms with Gasteiger partial charge in [0.25, 0.3) is 0 Å². The van der Waals surface area contributed by atoms with Gasteiger partial charge < -0.3 is 5.32 Å². The van der Waals surface area contributed by atoms with E-state index in [1.165, 1.54) is 0 Å². The van der Waals surface area contributed by atoms with Crippen molar-refractivity contribution in [1.82, 2.24) is 5.32 Å². The summed E-state index contributed by atoms with van der Waals surface area (Å²) in [5.41, 5.74) is 0.893. The molecular formula is C9H17N. The van der Waals surface area contributed by atoms with E-state index in [-0.39, 0.29) is 0 Å². The van der Waals surface area contributed by atoms with Gasteiger partial charge in [0.15, 0.2) is 0 Å². The highest BCUT2D eigenvalue weighted by atomic mass is 14.8. The Morgan fingerprint density at radius 1 is 1.40 bits per heavy atom. The Kier molecular flexibility index (Phi) is 12.8. The van der Waals surface area contributed by atoms with Gasteiger partial charge in [0, 0.05) is 12.7 Å². The average Bonchev–Trinajstić information content (AvgIpc) is 2.04. The Morgan fingerprint density at radius 3 is 2.20 bits per heavy atom. The van der Waals surface area contributed by atoms with Crippen LogP contribution in [-0.2, 0) is 0 Å². The first-order chi connectivity index (χ1) is 4.81. The van der Waals surface area contributed by atoms with Crippen molar-refractivity contribution in [3.8, 4) is 0 Å². The smallest absolute Gasteiger partial charge is 0.0264 e.